The van der Waals surface area contributed by atoms with Gasteiger partial charge in [0.15, 0.2) is 0 Å². The first-order valence-electron chi connectivity index (χ1n) is 10.4. The monoisotopic (exact) mass is 405 g/mol. The predicted octanol–water partition coefficient (Wildman–Crippen LogP) is 4.82. The fourth-order valence-electron chi connectivity index (χ4n) is 3.64. The van der Waals surface area contributed by atoms with Gasteiger partial charge < -0.3 is 14.1 Å². The quantitative estimate of drug-likeness (QED) is 0.537. The van der Waals surface area contributed by atoms with Crippen LogP contribution in [0.15, 0.2) is 52.9 Å². The molecule has 0 radical (unpaired) electrons. The highest BCUT2D eigenvalue weighted by Crippen LogP contribution is 2.37. The molecule has 1 unspecified atom stereocenters. The zero-order valence-corrected chi connectivity index (χ0v) is 17.7. The first kappa shape index (κ1) is 20.1. The van der Waals surface area contributed by atoms with E-state index in [1.807, 2.05) is 60.4 Å². The summed E-state index contributed by atoms with van der Waals surface area (Å²) < 4.78 is 11.0. The van der Waals surface area contributed by atoms with Gasteiger partial charge in [-0.1, -0.05) is 17.7 Å². The van der Waals surface area contributed by atoms with E-state index < -0.39 is 0 Å². The molecule has 0 N–H and O–H groups in total. The highest BCUT2D eigenvalue weighted by Gasteiger charge is 2.35. The second-order valence-electron chi connectivity index (χ2n) is 7.91. The van der Waals surface area contributed by atoms with Gasteiger partial charge in [-0.2, -0.15) is 0 Å². The van der Waals surface area contributed by atoms with Gasteiger partial charge in [-0.05, 0) is 69.0 Å². The molecule has 0 bridgehead atoms. The minimum absolute atomic E-state index is 0.0645. The number of hydrogen-bond donors (Lipinski definition) is 0. The van der Waals surface area contributed by atoms with E-state index in [-0.39, 0.29) is 11.9 Å². The number of carbonyl (C=O) groups is 1. The molecule has 0 spiro atoms. The van der Waals surface area contributed by atoms with E-state index in [1.54, 1.807) is 7.11 Å². The minimum atomic E-state index is 0.0645. The number of anilines is 1. The number of rotatable bonds is 8. The summed E-state index contributed by atoms with van der Waals surface area (Å²) in [5.74, 6) is 2.37. The average Bonchev–Trinajstić information content (AvgIpc) is 3.51. The number of benzene rings is 2. The smallest absolute Gasteiger partial charge is 0.247 e. The van der Waals surface area contributed by atoms with Gasteiger partial charge in [-0.25, -0.2) is 0 Å². The largest absolute Gasteiger partial charge is 0.497 e. The SMILES string of the molecule is COc1ccc(N(C(=O)CCc2nnc(-c3ccc(C)cc3)o2)C(C)C2CC2)cc1. The number of aryl methyl sites for hydroxylation is 2. The second-order valence-corrected chi connectivity index (χ2v) is 7.91. The summed E-state index contributed by atoms with van der Waals surface area (Å²) in [4.78, 5) is 15.1. The van der Waals surface area contributed by atoms with Gasteiger partial charge in [0.25, 0.3) is 0 Å². The second kappa shape index (κ2) is 8.69. The van der Waals surface area contributed by atoms with Crippen molar-refractivity contribution in [3.8, 4) is 17.2 Å². The maximum atomic E-state index is 13.2. The highest BCUT2D eigenvalue weighted by atomic mass is 16.5. The van der Waals surface area contributed by atoms with Crippen molar-refractivity contribution in [2.45, 2.75) is 45.6 Å². The maximum absolute atomic E-state index is 13.2. The molecule has 2 aromatic carbocycles. The average molecular weight is 405 g/mol. The van der Waals surface area contributed by atoms with Crippen LogP contribution in [0.1, 0.15) is 37.6 Å². The molecular weight excluding hydrogens is 378 g/mol. The molecule has 0 saturated heterocycles. The third-order valence-electron chi connectivity index (χ3n) is 5.65. The standard InChI is InChI=1S/C24H27N3O3/c1-16-4-6-19(7-5-16)24-26-25-22(30-24)14-15-23(28)27(17(2)18-8-9-18)20-10-12-21(29-3)13-11-20/h4-7,10-13,17-18H,8-9,14-15H2,1-3H3. The molecular formula is C24H27N3O3. The van der Waals surface area contributed by atoms with Crippen LogP contribution in [0, 0.1) is 12.8 Å². The van der Waals surface area contributed by atoms with Crippen LogP contribution < -0.4 is 9.64 Å². The number of aromatic nitrogens is 2. The molecule has 0 aliphatic heterocycles. The van der Waals surface area contributed by atoms with Gasteiger partial charge in [-0.3, -0.25) is 4.79 Å². The molecule has 1 amide bonds. The highest BCUT2D eigenvalue weighted by molar-refractivity contribution is 5.94. The molecule has 6 heteroatoms. The zero-order chi connectivity index (χ0) is 21.1. The predicted molar refractivity (Wildman–Crippen MR) is 115 cm³/mol. The molecule has 1 aromatic heterocycles. The van der Waals surface area contributed by atoms with Crippen LogP contribution in [0.25, 0.3) is 11.5 Å². The zero-order valence-electron chi connectivity index (χ0n) is 17.7. The van der Waals surface area contributed by atoms with E-state index in [0.29, 0.717) is 30.5 Å². The van der Waals surface area contributed by atoms with Crippen molar-refractivity contribution in [3.63, 3.8) is 0 Å². The molecule has 6 nitrogen and oxygen atoms in total. The summed E-state index contributed by atoms with van der Waals surface area (Å²) >= 11 is 0. The van der Waals surface area contributed by atoms with Crippen molar-refractivity contribution in [1.82, 2.24) is 10.2 Å². The number of hydrogen-bond acceptors (Lipinski definition) is 5. The number of carbonyl (C=O) groups excluding carboxylic acids is 1. The van der Waals surface area contributed by atoms with Gasteiger partial charge >= 0.3 is 0 Å². The normalized spacial score (nSPS) is 14.4. The van der Waals surface area contributed by atoms with Crippen LogP contribution in [0.3, 0.4) is 0 Å². The van der Waals surface area contributed by atoms with Crippen LogP contribution in [-0.2, 0) is 11.2 Å². The summed E-state index contributed by atoms with van der Waals surface area (Å²) in [6.45, 7) is 4.16. The molecule has 1 fully saturated rings. The summed E-state index contributed by atoms with van der Waals surface area (Å²) in [6, 6.07) is 15.8. The van der Waals surface area contributed by atoms with Gasteiger partial charge in [0.1, 0.15) is 5.75 Å². The van der Waals surface area contributed by atoms with Crippen LogP contribution in [0.5, 0.6) is 5.75 Å². The third-order valence-corrected chi connectivity index (χ3v) is 5.65. The molecule has 4 rings (SSSR count). The van der Waals surface area contributed by atoms with Crippen LogP contribution in [0.2, 0.25) is 0 Å². The summed E-state index contributed by atoms with van der Waals surface area (Å²) in [7, 11) is 1.64. The van der Waals surface area contributed by atoms with Crippen LogP contribution >= 0.6 is 0 Å². The molecule has 30 heavy (non-hydrogen) atoms. The Labute approximate surface area is 176 Å². The van der Waals surface area contributed by atoms with E-state index in [0.717, 1.165) is 17.0 Å². The van der Waals surface area contributed by atoms with Gasteiger partial charge in [0, 0.05) is 30.1 Å². The lowest BCUT2D eigenvalue weighted by molar-refractivity contribution is -0.119. The van der Waals surface area contributed by atoms with E-state index >= 15 is 0 Å². The fraction of sp³-hybridized carbons (Fsp3) is 0.375. The lowest BCUT2D eigenvalue weighted by Gasteiger charge is -2.29. The van der Waals surface area contributed by atoms with Gasteiger partial charge in [-0.15, -0.1) is 10.2 Å². The number of amides is 1. The lowest BCUT2D eigenvalue weighted by Crippen LogP contribution is -2.40. The molecule has 156 valence electrons. The van der Waals surface area contributed by atoms with Crippen molar-refractivity contribution in [3.05, 3.63) is 60.0 Å². The van der Waals surface area contributed by atoms with Crippen molar-refractivity contribution < 1.29 is 13.9 Å². The number of nitrogens with zero attached hydrogens (tertiary/aromatic N) is 3. The van der Waals surface area contributed by atoms with Crippen molar-refractivity contribution in [1.29, 1.82) is 0 Å². The Morgan fingerprint density at radius 3 is 2.47 bits per heavy atom. The summed E-state index contributed by atoms with van der Waals surface area (Å²) in [5.41, 5.74) is 2.95. The summed E-state index contributed by atoms with van der Waals surface area (Å²) in [5, 5.41) is 8.26. The first-order chi connectivity index (χ1) is 14.5. The molecule has 1 heterocycles. The summed E-state index contributed by atoms with van der Waals surface area (Å²) in [6.07, 6.45) is 3.08. The number of methoxy groups -OCH3 is 1. The Morgan fingerprint density at radius 1 is 1.13 bits per heavy atom. The molecule has 1 saturated carbocycles. The van der Waals surface area contributed by atoms with E-state index in [2.05, 4.69) is 17.1 Å². The fourth-order valence-corrected chi connectivity index (χ4v) is 3.64. The molecule has 1 aliphatic rings. The third kappa shape index (κ3) is 4.53. The van der Waals surface area contributed by atoms with E-state index in [4.69, 9.17) is 9.15 Å². The van der Waals surface area contributed by atoms with Crippen LogP contribution in [0.4, 0.5) is 5.69 Å². The Kier molecular flexibility index (Phi) is 5.84. The topological polar surface area (TPSA) is 68.5 Å². The minimum Gasteiger partial charge on any atom is -0.497 e. The van der Waals surface area contributed by atoms with E-state index in [9.17, 15) is 4.79 Å². The van der Waals surface area contributed by atoms with Crippen molar-refractivity contribution in [2.24, 2.45) is 5.92 Å². The van der Waals surface area contributed by atoms with E-state index in [1.165, 1.54) is 18.4 Å². The van der Waals surface area contributed by atoms with Gasteiger partial charge in [0.05, 0.1) is 7.11 Å². The Hall–Kier alpha value is -3.15. The Bertz CT molecular complexity index is 991. The van der Waals surface area contributed by atoms with Crippen molar-refractivity contribution in [2.75, 3.05) is 12.0 Å². The molecule has 1 aliphatic carbocycles. The maximum Gasteiger partial charge on any atom is 0.247 e. The molecule has 3 aromatic rings. The Morgan fingerprint density at radius 2 is 1.83 bits per heavy atom. The molecule has 1 atom stereocenters. The Balaban J connectivity index is 1.45. The lowest BCUT2D eigenvalue weighted by atomic mass is 10.1. The van der Waals surface area contributed by atoms with Crippen LogP contribution in [-0.4, -0.2) is 29.3 Å². The number of ether oxygens (including phenoxy) is 1. The van der Waals surface area contributed by atoms with Gasteiger partial charge in [0.2, 0.25) is 17.7 Å². The van der Waals surface area contributed by atoms with Crippen molar-refractivity contribution >= 4 is 11.6 Å². The first-order valence-corrected chi connectivity index (χ1v) is 10.4.